The second kappa shape index (κ2) is 12.1. The van der Waals surface area contributed by atoms with Gasteiger partial charge in [-0.3, -0.25) is 14.4 Å². The summed E-state index contributed by atoms with van der Waals surface area (Å²) in [7, 11) is 0. The molecule has 5 aliphatic rings. The van der Waals surface area contributed by atoms with Crippen LogP contribution in [0.25, 0.3) is 0 Å². The third-order valence-electron chi connectivity index (χ3n) is 15.3. The maximum atomic E-state index is 13.3. The summed E-state index contributed by atoms with van der Waals surface area (Å²) in [5, 5.41) is -0.100. The molecule has 0 saturated heterocycles. The van der Waals surface area contributed by atoms with E-state index in [1.54, 1.807) is 6.08 Å². The predicted molar refractivity (Wildman–Crippen MR) is 184 cm³/mol. The third-order valence-corrected chi connectivity index (χ3v) is 15.7. The highest BCUT2D eigenvalue weighted by molar-refractivity contribution is 6.64. The summed E-state index contributed by atoms with van der Waals surface area (Å²) < 4.78 is 11.5. The van der Waals surface area contributed by atoms with E-state index in [4.69, 9.17) is 21.1 Å². The number of esters is 2. The van der Waals surface area contributed by atoms with Crippen LogP contribution in [0.1, 0.15) is 132 Å². The molecule has 10 atom stereocenters. The molecule has 5 rings (SSSR count). The molecule has 0 radical (unpaired) electrons. The van der Waals surface area contributed by atoms with Crippen molar-refractivity contribution in [2.24, 2.45) is 62.1 Å². The Morgan fingerprint density at radius 2 is 1.52 bits per heavy atom. The number of hydrogen-bond acceptors (Lipinski definition) is 5. The van der Waals surface area contributed by atoms with Crippen molar-refractivity contribution in [3.05, 3.63) is 24.8 Å². The van der Waals surface area contributed by atoms with Crippen molar-refractivity contribution in [1.82, 2.24) is 0 Å². The molecule has 0 spiro atoms. The Kier molecular flexibility index (Phi) is 9.35. The minimum Gasteiger partial charge on any atom is -0.462 e. The zero-order valence-corrected chi connectivity index (χ0v) is 30.8. The number of allylic oxidation sites excluding steroid dienone is 1. The molecule has 5 saturated carbocycles. The van der Waals surface area contributed by atoms with E-state index in [-0.39, 0.29) is 69.8 Å². The molecule has 0 bridgehead atoms. The molecular formula is C40H61ClO5. The molecule has 0 aromatic carbocycles. The number of hydrogen-bond donors (Lipinski definition) is 0. The molecule has 0 aromatic rings. The largest absolute Gasteiger partial charge is 0.462 e. The Bertz CT molecular complexity index is 1270. The van der Waals surface area contributed by atoms with E-state index in [0.717, 1.165) is 51.4 Å². The standard InChI is InChI=1S/C40H61ClO5/c1-11-22-45-31(42)23-35(4,5)24-32(43)46-30-16-17-37(8)28(36(30,6)7)15-18-39(10)29(37)13-12-27-33-26(25(2)3)14-19-40(33,34(41)44)21-20-38(27,39)9/h11,26-30,33H,1-2,12-24H2,3-10H3/t26?,27-,28?,29?,30+,33?,37+,38-,39-,40+/m1/s1. The van der Waals surface area contributed by atoms with Crippen molar-refractivity contribution >= 4 is 28.8 Å². The first-order valence-electron chi connectivity index (χ1n) is 18.1. The van der Waals surface area contributed by atoms with Gasteiger partial charge in [-0.05, 0) is 134 Å². The third kappa shape index (κ3) is 5.45. The van der Waals surface area contributed by atoms with Crippen LogP contribution in [0.3, 0.4) is 0 Å². The van der Waals surface area contributed by atoms with Gasteiger partial charge in [-0.1, -0.05) is 73.3 Å². The lowest BCUT2D eigenvalue weighted by Crippen LogP contribution is -2.67. The Morgan fingerprint density at radius 1 is 0.848 bits per heavy atom. The van der Waals surface area contributed by atoms with Crippen molar-refractivity contribution in [2.45, 2.75) is 139 Å². The van der Waals surface area contributed by atoms with Gasteiger partial charge in [0.1, 0.15) is 12.7 Å². The van der Waals surface area contributed by atoms with Crippen LogP contribution in [0.2, 0.25) is 0 Å². The van der Waals surface area contributed by atoms with Crippen LogP contribution >= 0.6 is 11.6 Å². The van der Waals surface area contributed by atoms with Gasteiger partial charge < -0.3 is 9.47 Å². The number of fused-ring (bicyclic) bond motifs is 7. The monoisotopic (exact) mass is 656 g/mol. The summed E-state index contributed by atoms with van der Waals surface area (Å²) >= 11 is 6.51. The molecule has 0 heterocycles. The number of carbonyl (C=O) groups excluding carboxylic acids is 3. The van der Waals surface area contributed by atoms with Gasteiger partial charge in [0.2, 0.25) is 5.24 Å². The minimum absolute atomic E-state index is 0.100. The lowest BCUT2D eigenvalue weighted by atomic mass is 9.32. The molecule has 46 heavy (non-hydrogen) atoms. The highest BCUT2D eigenvalue weighted by atomic mass is 35.5. The van der Waals surface area contributed by atoms with Crippen molar-refractivity contribution in [1.29, 1.82) is 0 Å². The van der Waals surface area contributed by atoms with E-state index in [1.807, 2.05) is 13.8 Å². The quantitative estimate of drug-likeness (QED) is 0.140. The number of rotatable bonds is 9. The van der Waals surface area contributed by atoms with E-state index < -0.39 is 5.41 Å². The van der Waals surface area contributed by atoms with Crippen LogP contribution in [0.15, 0.2) is 24.8 Å². The summed E-state index contributed by atoms with van der Waals surface area (Å²) in [4.78, 5) is 38.7. The van der Waals surface area contributed by atoms with E-state index in [1.165, 1.54) is 18.4 Å². The van der Waals surface area contributed by atoms with Gasteiger partial charge >= 0.3 is 11.9 Å². The maximum absolute atomic E-state index is 13.3. The topological polar surface area (TPSA) is 69.7 Å². The lowest BCUT2D eigenvalue weighted by molar-refractivity contribution is -0.248. The SMILES string of the molecule is C=CCOC(=O)CC(C)(C)CC(=O)O[C@H]1CC[C@@]2(C)C(CC[C@]3(C)C2CC[C@@H]2C4C(C(=C)C)CC[C@]4(C(=O)Cl)CC[C@]23C)C1(C)C. The van der Waals surface area contributed by atoms with Gasteiger partial charge in [-0.2, -0.15) is 0 Å². The lowest BCUT2D eigenvalue weighted by Gasteiger charge is -2.72. The summed E-state index contributed by atoms with van der Waals surface area (Å²) in [6, 6.07) is 0. The fourth-order valence-electron chi connectivity index (χ4n) is 12.9. The zero-order chi connectivity index (χ0) is 34.1. The average Bonchev–Trinajstić information content (AvgIpc) is 3.35. The molecule has 4 unspecified atom stereocenters. The number of carbonyl (C=O) groups is 3. The smallest absolute Gasteiger partial charge is 0.306 e. The molecule has 5 aliphatic carbocycles. The number of halogens is 1. The maximum Gasteiger partial charge on any atom is 0.306 e. The molecular weight excluding hydrogens is 596 g/mol. The average molecular weight is 657 g/mol. The Balaban J connectivity index is 1.34. The first-order valence-corrected chi connectivity index (χ1v) is 18.5. The van der Waals surface area contributed by atoms with E-state index >= 15 is 0 Å². The zero-order valence-electron chi connectivity index (χ0n) is 30.1. The Morgan fingerprint density at radius 3 is 2.15 bits per heavy atom. The van der Waals surface area contributed by atoms with Crippen molar-refractivity contribution in [3.63, 3.8) is 0 Å². The van der Waals surface area contributed by atoms with Gasteiger partial charge in [0, 0.05) is 10.8 Å². The molecule has 258 valence electrons. The van der Waals surface area contributed by atoms with Gasteiger partial charge in [0.25, 0.3) is 0 Å². The van der Waals surface area contributed by atoms with E-state index in [0.29, 0.717) is 29.6 Å². The molecule has 5 nitrogen and oxygen atoms in total. The predicted octanol–water partition coefficient (Wildman–Crippen LogP) is 9.86. The van der Waals surface area contributed by atoms with Crippen LogP contribution in [0, 0.1) is 62.1 Å². The normalized spacial score (nSPS) is 42.8. The molecule has 6 heteroatoms. The van der Waals surface area contributed by atoms with Crippen LogP contribution in [0.5, 0.6) is 0 Å². The van der Waals surface area contributed by atoms with Crippen LogP contribution in [-0.2, 0) is 23.9 Å². The van der Waals surface area contributed by atoms with E-state index in [2.05, 4.69) is 54.7 Å². The molecule has 0 amide bonds. The van der Waals surface area contributed by atoms with Gasteiger partial charge in [0.15, 0.2) is 0 Å². The summed E-state index contributed by atoms with van der Waals surface area (Å²) in [6.07, 6.45) is 12.2. The summed E-state index contributed by atoms with van der Waals surface area (Å²) in [5.41, 5.74) is 0.618. The van der Waals surface area contributed by atoms with Crippen LogP contribution in [0.4, 0.5) is 0 Å². The second-order valence-corrected chi connectivity index (χ2v) is 18.8. The van der Waals surface area contributed by atoms with Gasteiger partial charge in [-0.15, -0.1) is 0 Å². The Hall–Kier alpha value is -1.62. The fraction of sp³-hybridized carbons (Fsp3) is 0.825. The second-order valence-electron chi connectivity index (χ2n) is 18.4. The summed E-state index contributed by atoms with van der Waals surface area (Å²) in [6.45, 7) is 26.6. The van der Waals surface area contributed by atoms with Crippen molar-refractivity contribution in [2.75, 3.05) is 6.61 Å². The molecule has 0 aliphatic heterocycles. The highest BCUT2D eigenvalue weighted by Crippen LogP contribution is 2.77. The molecule has 0 N–H and O–H groups in total. The Labute approximate surface area is 284 Å². The summed E-state index contributed by atoms with van der Waals surface area (Å²) in [5.74, 6) is 1.66. The van der Waals surface area contributed by atoms with Crippen LogP contribution in [-0.4, -0.2) is 29.9 Å². The van der Waals surface area contributed by atoms with Crippen LogP contribution < -0.4 is 0 Å². The fourth-order valence-corrected chi connectivity index (χ4v) is 13.2. The van der Waals surface area contributed by atoms with Gasteiger partial charge in [-0.25, -0.2) is 0 Å². The highest BCUT2D eigenvalue weighted by Gasteiger charge is 2.72. The molecule has 5 fully saturated rings. The minimum atomic E-state index is -0.544. The van der Waals surface area contributed by atoms with Crippen molar-refractivity contribution in [3.8, 4) is 0 Å². The first-order chi connectivity index (χ1) is 21.3. The molecule has 0 aromatic heterocycles. The van der Waals surface area contributed by atoms with Gasteiger partial charge in [0.05, 0.1) is 12.8 Å². The number of ether oxygens (including phenoxy) is 2. The first kappa shape index (κ1) is 35.7. The van der Waals surface area contributed by atoms with Crippen molar-refractivity contribution < 1.29 is 23.9 Å². The van der Waals surface area contributed by atoms with E-state index in [9.17, 15) is 14.4 Å².